The minimum absolute atomic E-state index is 0.0929. The lowest BCUT2D eigenvalue weighted by Gasteiger charge is -2.26. The molecule has 0 bridgehead atoms. The Labute approximate surface area is 196 Å². The molecule has 0 saturated carbocycles. The lowest BCUT2D eigenvalue weighted by atomic mass is 10.1. The monoisotopic (exact) mass is 462 g/mol. The highest BCUT2D eigenvalue weighted by molar-refractivity contribution is 7.13. The molecular weight excluding hydrogens is 436 g/mol. The van der Waals surface area contributed by atoms with Gasteiger partial charge in [-0.1, -0.05) is 35.0 Å². The second-order valence-electron chi connectivity index (χ2n) is 8.21. The van der Waals surface area contributed by atoms with Gasteiger partial charge in [0.15, 0.2) is 5.58 Å². The van der Waals surface area contributed by atoms with Crippen molar-refractivity contribution in [1.82, 2.24) is 20.4 Å². The maximum atomic E-state index is 12.7. The van der Waals surface area contributed by atoms with Gasteiger partial charge in [0.2, 0.25) is 0 Å². The normalized spacial score (nSPS) is 14.6. The van der Waals surface area contributed by atoms with E-state index < -0.39 is 0 Å². The molecule has 0 atom stereocenters. The number of hydrogen-bond donors (Lipinski definition) is 1. The zero-order valence-electron chi connectivity index (χ0n) is 18.5. The van der Waals surface area contributed by atoms with E-state index in [9.17, 15) is 4.79 Å². The fourth-order valence-corrected chi connectivity index (χ4v) is 4.72. The summed E-state index contributed by atoms with van der Waals surface area (Å²) < 4.78 is 10.9. The zero-order chi connectivity index (χ0) is 22.6. The number of aromatic nitrogens is 2. The topological polar surface area (TPSA) is 80.5 Å². The van der Waals surface area contributed by atoms with Gasteiger partial charge in [0.1, 0.15) is 16.4 Å². The van der Waals surface area contributed by atoms with Crippen LogP contribution in [0.3, 0.4) is 0 Å². The Morgan fingerprint density at radius 3 is 2.79 bits per heavy atom. The summed E-state index contributed by atoms with van der Waals surface area (Å²) in [6.45, 7) is 7.17. The van der Waals surface area contributed by atoms with Crippen LogP contribution in [0, 0.1) is 6.92 Å². The van der Waals surface area contributed by atoms with Crippen LogP contribution in [0.1, 0.15) is 22.3 Å². The van der Waals surface area contributed by atoms with Crippen molar-refractivity contribution in [3.63, 3.8) is 0 Å². The van der Waals surface area contributed by atoms with Gasteiger partial charge in [-0.2, -0.15) is 0 Å². The fourth-order valence-electron chi connectivity index (χ4n) is 3.91. The third-order valence-corrected chi connectivity index (χ3v) is 6.71. The Hall–Kier alpha value is -3.07. The van der Waals surface area contributed by atoms with Crippen LogP contribution in [-0.4, -0.2) is 60.3 Å². The van der Waals surface area contributed by atoms with Crippen LogP contribution in [0.5, 0.6) is 0 Å². The largest absolute Gasteiger partial charge is 0.379 e. The van der Waals surface area contributed by atoms with E-state index in [-0.39, 0.29) is 5.91 Å². The van der Waals surface area contributed by atoms with Gasteiger partial charge in [0, 0.05) is 36.1 Å². The molecule has 170 valence electrons. The van der Waals surface area contributed by atoms with Gasteiger partial charge < -0.3 is 14.6 Å². The molecule has 1 saturated heterocycles. The molecule has 33 heavy (non-hydrogen) atoms. The molecule has 1 aliphatic heterocycles. The summed E-state index contributed by atoms with van der Waals surface area (Å²) in [6.07, 6.45) is 0.910. The van der Waals surface area contributed by atoms with Gasteiger partial charge in [-0.15, -0.1) is 11.3 Å². The highest BCUT2D eigenvalue weighted by atomic mass is 32.1. The molecule has 5 rings (SSSR count). The Balaban J connectivity index is 1.27. The number of carbonyl (C=O) groups is 1. The van der Waals surface area contributed by atoms with E-state index in [1.165, 1.54) is 5.56 Å². The van der Waals surface area contributed by atoms with Crippen molar-refractivity contribution in [3.8, 4) is 22.0 Å². The molecule has 0 spiro atoms. The third-order valence-electron chi connectivity index (χ3n) is 5.82. The molecule has 3 heterocycles. The predicted molar refractivity (Wildman–Crippen MR) is 129 cm³/mol. The van der Waals surface area contributed by atoms with Crippen LogP contribution in [0.25, 0.3) is 32.9 Å². The lowest BCUT2D eigenvalue weighted by Crippen LogP contribution is -2.38. The van der Waals surface area contributed by atoms with Crippen molar-refractivity contribution in [3.05, 3.63) is 59.0 Å². The second-order valence-corrected chi connectivity index (χ2v) is 9.07. The van der Waals surface area contributed by atoms with Crippen LogP contribution >= 0.6 is 11.3 Å². The molecule has 0 unspecified atom stereocenters. The summed E-state index contributed by atoms with van der Waals surface area (Å²) in [5.41, 5.74) is 4.91. The second kappa shape index (κ2) is 9.82. The van der Waals surface area contributed by atoms with Crippen molar-refractivity contribution in [2.75, 3.05) is 39.4 Å². The van der Waals surface area contributed by atoms with E-state index in [1.807, 2.05) is 11.4 Å². The highest BCUT2D eigenvalue weighted by Crippen LogP contribution is 2.33. The number of aryl methyl sites for hydroxylation is 1. The number of carbonyl (C=O) groups excluding carboxylic acids is 1. The number of morpholine rings is 1. The molecule has 2 aromatic carbocycles. The molecule has 8 heteroatoms. The Morgan fingerprint density at radius 2 is 1.97 bits per heavy atom. The van der Waals surface area contributed by atoms with Crippen molar-refractivity contribution in [1.29, 1.82) is 0 Å². The average molecular weight is 463 g/mol. The van der Waals surface area contributed by atoms with Crippen LogP contribution in [0.4, 0.5) is 0 Å². The average Bonchev–Trinajstić information content (AvgIpc) is 3.49. The van der Waals surface area contributed by atoms with Crippen LogP contribution in [0.15, 0.2) is 52.4 Å². The summed E-state index contributed by atoms with van der Waals surface area (Å²) in [4.78, 5) is 19.8. The lowest BCUT2D eigenvalue weighted by molar-refractivity contribution is 0.0374. The molecule has 1 amide bonds. The number of hydrogen-bond acceptors (Lipinski definition) is 7. The van der Waals surface area contributed by atoms with Gasteiger partial charge in [-0.3, -0.25) is 9.69 Å². The fraction of sp³-hybridized carbons (Fsp3) is 0.320. The Kier molecular flexibility index (Phi) is 6.48. The molecule has 1 fully saturated rings. The number of nitrogens with one attached hydrogen (secondary N) is 1. The summed E-state index contributed by atoms with van der Waals surface area (Å²) >= 11 is 1.57. The molecule has 2 aromatic heterocycles. The van der Waals surface area contributed by atoms with E-state index in [1.54, 1.807) is 23.5 Å². The summed E-state index contributed by atoms with van der Waals surface area (Å²) in [5.74, 6) is -0.0929. The maximum Gasteiger partial charge on any atom is 0.251 e. The van der Waals surface area contributed by atoms with E-state index in [0.29, 0.717) is 23.4 Å². The Bertz CT molecular complexity index is 1240. The SMILES string of the molecule is Cc1ccc(-c2nc(-c3noc4ccc(C(=O)NCCCN5CCOCC5)cc34)cs2)cc1. The molecule has 0 radical (unpaired) electrons. The summed E-state index contributed by atoms with van der Waals surface area (Å²) in [6, 6.07) is 13.7. The van der Waals surface area contributed by atoms with Gasteiger partial charge in [0.25, 0.3) is 5.91 Å². The third kappa shape index (κ3) is 4.98. The number of benzene rings is 2. The highest BCUT2D eigenvalue weighted by Gasteiger charge is 2.17. The van der Waals surface area contributed by atoms with Gasteiger partial charge >= 0.3 is 0 Å². The molecular formula is C25H26N4O3S. The van der Waals surface area contributed by atoms with Crippen molar-refractivity contribution >= 4 is 28.2 Å². The first-order chi connectivity index (χ1) is 16.2. The summed E-state index contributed by atoms with van der Waals surface area (Å²) in [7, 11) is 0. The smallest absolute Gasteiger partial charge is 0.251 e. The predicted octanol–water partition coefficient (Wildman–Crippen LogP) is 4.38. The molecule has 1 N–H and O–H groups in total. The van der Waals surface area contributed by atoms with Gasteiger partial charge in [-0.05, 0) is 38.1 Å². The molecule has 7 nitrogen and oxygen atoms in total. The zero-order valence-corrected chi connectivity index (χ0v) is 19.4. The number of thiazole rings is 1. The van der Waals surface area contributed by atoms with E-state index in [4.69, 9.17) is 14.2 Å². The summed E-state index contributed by atoms with van der Waals surface area (Å²) in [5, 5.41) is 11.0. The van der Waals surface area contributed by atoms with Crippen LogP contribution in [-0.2, 0) is 4.74 Å². The molecule has 4 aromatic rings. The number of fused-ring (bicyclic) bond motifs is 1. The molecule has 1 aliphatic rings. The van der Waals surface area contributed by atoms with Gasteiger partial charge in [-0.25, -0.2) is 4.98 Å². The van der Waals surface area contributed by atoms with E-state index in [0.717, 1.165) is 60.9 Å². The maximum absolute atomic E-state index is 12.7. The number of rotatable bonds is 7. The minimum Gasteiger partial charge on any atom is -0.379 e. The first kappa shape index (κ1) is 21.8. The molecule has 0 aliphatic carbocycles. The number of amides is 1. The van der Waals surface area contributed by atoms with E-state index >= 15 is 0 Å². The first-order valence-corrected chi connectivity index (χ1v) is 12.1. The van der Waals surface area contributed by atoms with Gasteiger partial charge in [0.05, 0.1) is 18.6 Å². The number of nitrogens with zero attached hydrogens (tertiary/aromatic N) is 3. The van der Waals surface area contributed by atoms with Crippen molar-refractivity contribution < 1.29 is 14.1 Å². The number of ether oxygens (including phenoxy) is 1. The quantitative estimate of drug-likeness (QED) is 0.411. The van der Waals surface area contributed by atoms with E-state index in [2.05, 4.69) is 46.6 Å². The first-order valence-electron chi connectivity index (χ1n) is 11.2. The van der Waals surface area contributed by atoms with Crippen LogP contribution < -0.4 is 5.32 Å². The standard InChI is InChI=1S/C25H26N4O3S/c1-17-3-5-18(6-4-17)25-27-21(16-33-25)23-20-15-19(7-8-22(20)32-28-23)24(30)26-9-2-10-29-11-13-31-14-12-29/h3-8,15-16H,2,9-14H2,1H3,(H,26,30). The Morgan fingerprint density at radius 1 is 1.15 bits per heavy atom. The van der Waals surface area contributed by atoms with Crippen molar-refractivity contribution in [2.45, 2.75) is 13.3 Å². The minimum atomic E-state index is -0.0929. The van der Waals surface area contributed by atoms with Crippen molar-refractivity contribution in [2.24, 2.45) is 0 Å². The van der Waals surface area contributed by atoms with Crippen LogP contribution in [0.2, 0.25) is 0 Å².